The minimum Gasteiger partial charge on any atom is -0.329 e. The van der Waals surface area contributed by atoms with Crippen LogP contribution in [0.4, 0.5) is 0 Å². The Balaban J connectivity index is 2.08. The number of thiophene rings is 2. The molecule has 2 rings (SSSR count). The van der Waals surface area contributed by atoms with Gasteiger partial charge in [-0.1, -0.05) is 6.07 Å². The van der Waals surface area contributed by atoms with Crippen molar-refractivity contribution in [3.63, 3.8) is 0 Å². The summed E-state index contributed by atoms with van der Waals surface area (Å²) in [5.41, 5.74) is 5.99. The zero-order chi connectivity index (χ0) is 13.8. The van der Waals surface area contributed by atoms with Crippen LogP contribution in [0, 0.1) is 0 Å². The van der Waals surface area contributed by atoms with Crippen molar-refractivity contribution in [2.75, 3.05) is 13.6 Å². The maximum absolute atomic E-state index is 5.99. The largest absolute Gasteiger partial charge is 0.329 e. The first-order valence-electron chi connectivity index (χ1n) is 6.30. The lowest BCUT2D eigenvalue weighted by molar-refractivity contribution is 0.190. The third-order valence-electron chi connectivity index (χ3n) is 3.43. The summed E-state index contributed by atoms with van der Waals surface area (Å²) >= 11 is 7.21. The van der Waals surface area contributed by atoms with Gasteiger partial charge in [-0.05, 0) is 59.2 Å². The van der Waals surface area contributed by atoms with Gasteiger partial charge in [0.2, 0.25) is 0 Å². The fourth-order valence-corrected chi connectivity index (χ4v) is 4.80. The highest BCUT2D eigenvalue weighted by molar-refractivity contribution is 9.10. The first kappa shape index (κ1) is 15.2. The van der Waals surface area contributed by atoms with E-state index in [1.165, 1.54) is 14.2 Å². The number of hydrogen-bond donors (Lipinski definition) is 1. The molecule has 0 bridgehead atoms. The zero-order valence-electron chi connectivity index (χ0n) is 11.2. The van der Waals surface area contributed by atoms with E-state index in [9.17, 15) is 0 Å². The molecule has 0 aliphatic rings. The minimum atomic E-state index is 0.282. The van der Waals surface area contributed by atoms with E-state index in [2.05, 4.69) is 63.8 Å². The Morgan fingerprint density at radius 2 is 2.11 bits per heavy atom. The molecule has 0 aromatic carbocycles. The minimum absolute atomic E-state index is 0.282. The summed E-state index contributed by atoms with van der Waals surface area (Å²) in [6.45, 7) is 2.91. The number of nitrogens with two attached hydrogens (primary N) is 1. The van der Waals surface area contributed by atoms with Crippen LogP contribution in [0.1, 0.15) is 22.7 Å². The maximum Gasteiger partial charge on any atom is 0.0575 e. The SMILES string of the molecule is CC(Cc1cccs1)N(C)C(CN)c1sccc1Br. The first-order valence-corrected chi connectivity index (χ1v) is 8.86. The molecule has 2 heterocycles. The van der Waals surface area contributed by atoms with Crippen LogP contribution in [0.5, 0.6) is 0 Å². The molecule has 2 aromatic heterocycles. The van der Waals surface area contributed by atoms with Crippen molar-refractivity contribution in [1.82, 2.24) is 4.90 Å². The normalized spacial score (nSPS) is 14.8. The van der Waals surface area contributed by atoms with E-state index in [1.54, 1.807) is 11.3 Å². The van der Waals surface area contributed by atoms with E-state index in [1.807, 2.05) is 11.3 Å². The summed E-state index contributed by atoms with van der Waals surface area (Å²) < 4.78 is 1.17. The van der Waals surface area contributed by atoms with E-state index in [0.29, 0.717) is 12.6 Å². The van der Waals surface area contributed by atoms with Gasteiger partial charge in [0.1, 0.15) is 0 Å². The lowest BCUT2D eigenvalue weighted by atomic mass is 10.1. The number of nitrogens with zero attached hydrogens (tertiary/aromatic N) is 1. The Labute approximate surface area is 131 Å². The van der Waals surface area contributed by atoms with Crippen molar-refractivity contribution in [3.05, 3.63) is 43.2 Å². The average Bonchev–Trinajstić information content (AvgIpc) is 3.03. The van der Waals surface area contributed by atoms with Gasteiger partial charge in [-0.2, -0.15) is 0 Å². The van der Waals surface area contributed by atoms with Gasteiger partial charge in [-0.25, -0.2) is 0 Å². The fraction of sp³-hybridized carbons (Fsp3) is 0.429. The van der Waals surface area contributed by atoms with Crippen LogP contribution in [0.15, 0.2) is 33.4 Å². The maximum atomic E-state index is 5.99. The van der Waals surface area contributed by atoms with Crippen molar-refractivity contribution < 1.29 is 0 Å². The van der Waals surface area contributed by atoms with Gasteiger partial charge in [-0.15, -0.1) is 22.7 Å². The van der Waals surface area contributed by atoms with Crippen LogP contribution in [0.2, 0.25) is 0 Å². The number of hydrogen-bond acceptors (Lipinski definition) is 4. The van der Waals surface area contributed by atoms with Crippen molar-refractivity contribution in [1.29, 1.82) is 0 Å². The predicted octanol–water partition coefficient (Wildman–Crippen LogP) is 4.13. The molecule has 104 valence electrons. The van der Waals surface area contributed by atoms with E-state index in [-0.39, 0.29) is 6.04 Å². The van der Waals surface area contributed by atoms with E-state index >= 15 is 0 Å². The van der Waals surface area contributed by atoms with Gasteiger partial charge in [0, 0.05) is 26.8 Å². The van der Waals surface area contributed by atoms with Gasteiger partial charge >= 0.3 is 0 Å². The van der Waals surface area contributed by atoms with Crippen LogP contribution in [0.25, 0.3) is 0 Å². The number of likely N-dealkylation sites (N-methyl/N-ethyl adjacent to an activating group) is 1. The van der Waals surface area contributed by atoms with E-state index in [0.717, 1.165) is 6.42 Å². The molecule has 0 amide bonds. The average molecular weight is 359 g/mol. The van der Waals surface area contributed by atoms with Crippen LogP contribution in [-0.4, -0.2) is 24.5 Å². The summed E-state index contributed by atoms with van der Waals surface area (Å²) in [6, 6.07) is 7.17. The molecule has 2 unspecified atom stereocenters. The Morgan fingerprint density at radius 1 is 1.32 bits per heavy atom. The van der Waals surface area contributed by atoms with Crippen molar-refractivity contribution >= 4 is 38.6 Å². The van der Waals surface area contributed by atoms with Gasteiger partial charge in [0.25, 0.3) is 0 Å². The Bertz CT molecular complexity index is 495. The fourth-order valence-electron chi connectivity index (χ4n) is 2.17. The standard InChI is InChI=1S/C14H19BrN2S2/c1-10(8-11-4-3-6-18-11)17(2)13(9-16)14-12(15)5-7-19-14/h3-7,10,13H,8-9,16H2,1-2H3. The Morgan fingerprint density at radius 3 is 2.63 bits per heavy atom. The summed E-state index contributed by atoms with van der Waals surface area (Å²) in [7, 11) is 2.17. The third-order valence-corrected chi connectivity index (χ3v) is 6.31. The van der Waals surface area contributed by atoms with Gasteiger partial charge in [-0.3, -0.25) is 4.90 Å². The van der Waals surface area contributed by atoms with Gasteiger partial charge in [0.15, 0.2) is 0 Å². The van der Waals surface area contributed by atoms with Gasteiger partial charge < -0.3 is 5.73 Å². The second-order valence-corrected chi connectivity index (χ2v) is 7.52. The van der Waals surface area contributed by atoms with Crippen LogP contribution >= 0.6 is 38.6 Å². The topological polar surface area (TPSA) is 29.3 Å². The van der Waals surface area contributed by atoms with Crippen LogP contribution < -0.4 is 5.73 Å². The molecule has 2 N–H and O–H groups in total. The quantitative estimate of drug-likeness (QED) is 0.840. The molecule has 2 atom stereocenters. The molecule has 0 saturated heterocycles. The zero-order valence-corrected chi connectivity index (χ0v) is 14.4. The summed E-state index contributed by atoms with van der Waals surface area (Å²) in [6.07, 6.45) is 1.08. The molecule has 0 aliphatic carbocycles. The monoisotopic (exact) mass is 358 g/mol. The lowest BCUT2D eigenvalue weighted by Crippen LogP contribution is -2.37. The van der Waals surface area contributed by atoms with E-state index < -0.39 is 0 Å². The molecule has 0 spiro atoms. The summed E-state index contributed by atoms with van der Waals surface area (Å²) in [5.74, 6) is 0. The van der Waals surface area contributed by atoms with Crippen LogP contribution in [0.3, 0.4) is 0 Å². The Kier molecular flexibility index (Phi) is 5.59. The van der Waals surface area contributed by atoms with Crippen molar-refractivity contribution in [3.8, 4) is 0 Å². The van der Waals surface area contributed by atoms with Gasteiger partial charge in [0.05, 0.1) is 6.04 Å². The molecular formula is C14H19BrN2S2. The predicted molar refractivity (Wildman–Crippen MR) is 89.1 cm³/mol. The summed E-state index contributed by atoms with van der Waals surface area (Å²) in [4.78, 5) is 5.14. The third kappa shape index (κ3) is 3.67. The molecule has 0 radical (unpaired) electrons. The highest BCUT2D eigenvalue weighted by Gasteiger charge is 2.23. The molecule has 2 aromatic rings. The van der Waals surface area contributed by atoms with E-state index in [4.69, 9.17) is 5.73 Å². The lowest BCUT2D eigenvalue weighted by Gasteiger charge is -2.32. The number of halogens is 1. The molecule has 2 nitrogen and oxygen atoms in total. The molecule has 5 heteroatoms. The molecule has 0 saturated carbocycles. The number of rotatable bonds is 6. The molecule has 0 fully saturated rings. The van der Waals surface area contributed by atoms with Crippen molar-refractivity contribution in [2.24, 2.45) is 5.73 Å². The molecular weight excluding hydrogens is 340 g/mol. The van der Waals surface area contributed by atoms with Crippen molar-refractivity contribution in [2.45, 2.75) is 25.4 Å². The molecule has 0 aliphatic heterocycles. The first-order chi connectivity index (χ1) is 9.13. The summed E-state index contributed by atoms with van der Waals surface area (Å²) in [5, 5.41) is 4.25. The smallest absolute Gasteiger partial charge is 0.0575 e. The highest BCUT2D eigenvalue weighted by atomic mass is 79.9. The highest BCUT2D eigenvalue weighted by Crippen LogP contribution is 2.33. The Hall–Kier alpha value is -0.200. The molecule has 19 heavy (non-hydrogen) atoms. The van der Waals surface area contributed by atoms with Crippen LogP contribution in [-0.2, 0) is 6.42 Å². The second kappa shape index (κ2) is 6.99. The second-order valence-electron chi connectivity index (χ2n) is 4.68.